The largest absolute Gasteiger partial charge is 0.481 e. The Morgan fingerprint density at radius 1 is 1.03 bits per heavy atom. The first-order valence-corrected chi connectivity index (χ1v) is 8.88. The molecular weight excluding hydrogens is 378 g/mol. The fourth-order valence-corrected chi connectivity index (χ4v) is 2.62. The SMILES string of the molecule is CC(C)c1ccc(C(=O)Nc2ccc(C(=O)NCCC(=O)O)cc2)cc1[N+](=O)[O-]. The summed E-state index contributed by atoms with van der Waals surface area (Å²) in [4.78, 5) is 45.6. The third-order valence-corrected chi connectivity index (χ3v) is 4.14. The number of anilines is 1. The number of nitrogens with one attached hydrogen (secondary N) is 2. The molecule has 0 saturated carbocycles. The molecule has 3 N–H and O–H groups in total. The number of benzene rings is 2. The van der Waals surface area contributed by atoms with Crippen molar-refractivity contribution in [2.24, 2.45) is 0 Å². The minimum Gasteiger partial charge on any atom is -0.481 e. The molecule has 29 heavy (non-hydrogen) atoms. The number of hydrogen-bond donors (Lipinski definition) is 3. The molecule has 0 radical (unpaired) electrons. The Kier molecular flexibility index (Phi) is 7.02. The van der Waals surface area contributed by atoms with E-state index in [4.69, 9.17) is 5.11 Å². The summed E-state index contributed by atoms with van der Waals surface area (Å²) >= 11 is 0. The first kappa shape index (κ1) is 21.5. The van der Waals surface area contributed by atoms with E-state index in [1.807, 2.05) is 13.8 Å². The predicted molar refractivity (Wildman–Crippen MR) is 106 cm³/mol. The molecule has 2 aromatic carbocycles. The molecule has 2 aromatic rings. The Balaban J connectivity index is 2.07. The topological polar surface area (TPSA) is 139 Å². The van der Waals surface area contributed by atoms with Gasteiger partial charge in [-0.25, -0.2) is 0 Å². The quantitative estimate of drug-likeness (QED) is 0.460. The number of hydrogen-bond acceptors (Lipinski definition) is 5. The molecule has 0 saturated heterocycles. The molecule has 0 aliphatic rings. The highest BCUT2D eigenvalue weighted by atomic mass is 16.6. The summed E-state index contributed by atoms with van der Waals surface area (Å²) in [6.07, 6.45) is -0.179. The van der Waals surface area contributed by atoms with Gasteiger partial charge < -0.3 is 15.7 Å². The van der Waals surface area contributed by atoms with Crippen LogP contribution in [0.5, 0.6) is 0 Å². The smallest absolute Gasteiger partial charge is 0.305 e. The second-order valence-corrected chi connectivity index (χ2v) is 6.62. The Bertz CT molecular complexity index is 938. The van der Waals surface area contributed by atoms with Crippen molar-refractivity contribution >= 4 is 29.2 Å². The molecule has 0 atom stereocenters. The summed E-state index contributed by atoms with van der Waals surface area (Å²) in [6.45, 7) is 3.68. The number of nitrogens with zero attached hydrogens (tertiary/aromatic N) is 1. The molecule has 0 unspecified atom stereocenters. The van der Waals surface area contributed by atoms with Gasteiger partial charge >= 0.3 is 5.97 Å². The van der Waals surface area contributed by atoms with Gasteiger partial charge in [-0.1, -0.05) is 19.9 Å². The van der Waals surface area contributed by atoms with E-state index in [0.29, 0.717) is 16.8 Å². The van der Waals surface area contributed by atoms with Gasteiger partial charge in [-0.15, -0.1) is 0 Å². The molecule has 152 valence electrons. The van der Waals surface area contributed by atoms with Crippen molar-refractivity contribution in [2.45, 2.75) is 26.2 Å². The summed E-state index contributed by atoms with van der Waals surface area (Å²) in [5.74, 6) is -2.00. The third kappa shape index (κ3) is 5.86. The monoisotopic (exact) mass is 399 g/mol. The van der Waals surface area contributed by atoms with Crippen molar-refractivity contribution in [3.05, 3.63) is 69.3 Å². The van der Waals surface area contributed by atoms with Gasteiger partial charge in [0, 0.05) is 35.0 Å². The highest BCUT2D eigenvalue weighted by Crippen LogP contribution is 2.27. The average Bonchev–Trinajstić information content (AvgIpc) is 2.67. The minimum absolute atomic E-state index is 0.0117. The van der Waals surface area contributed by atoms with Gasteiger partial charge in [0.1, 0.15) is 0 Å². The molecule has 0 aliphatic carbocycles. The lowest BCUT2D eigenvalue weighted by Crippen LogP contribution is -2.25. The number of carbonyl (C=O) groups excluding carboxylic acids is 2. The molecule has 0 fully saturated rings. The summed E-state index contributed by atoms with van der Waals surface area (Å²) in [5.41, 5.74) is 1.31. The zero-order valence-electron chi connectivity index (χ0n) is 16.0. The normalized spacial score (nSPS) is 10.4. The maximum atomic E-state index is 12.4. The van der Waals surface area contributed by atoms with Crippen molar-refractivity contribution in [1.29, 1.82) is 0 Å². The standard InChI is InChI=1S/C20H21N3O6/c1-12(2)16-8-5-14(11-17(16)23(28)29)20(27)22-15-6-3-13(4-7-15)19(26)21-10-9-18(24)25/h3-8,11-12H,9-10H2,1-2H3,(H,21,26)(H,22,27)(H,24,25). The number of carboxylic acids is 1. The van der Waals surface area contributed by atoms with Gasteiger partial charge in [-0.05, 0) is 36.2 Å². The van der Waals surface area contributed by atoms with E-state index in [2.05, 4.69) is 10.6 Å². The molecular formula is C20H21N3O6. The molecule has 0 heterocycles. The van der Waals surface area contributed by atoms with Crippen molar-refractivity contribution in [2.75, 3.05) is 11.9 Å². The van der Waals surface area contributed by atoms with Gasteiger partial charge in [0.15, 0.2) is 0 Å². The van der Waals surface area contributed by atoms with Gasteiger partial charge in [-0.2, -0.15) is 0 Å². The summed E-state index contributed by atoms with van der Waals surface area (Å²) in [6, 6.07) is 10.3. The Morgan fingerprint density at radius 2 is 1.66 bits per heavy atom. The maximum Gasteiger partial charge on any atom is 0.305 e. The molecule has 0 aromatic heterocycles. The van der Waals surface area contributed by atoms with Crippen LogP contribution in [0.2, 0.25) is 0 Å². The summed E-state index contributed by atoms with van der Waals surface area (Å²) in [5, 5.41) is 25.0. The fourth-order valence-electron chi connectivity index (χ4n) is 2.62. The lowest BCUT2D eigenvalue weighted by Gasteiger charge is -2.10. The third-order valence-electron chi connectivity index (χ3n) is 4.14. The van der Waals surface area contributed by atoms with Crippen molar-refractivity contribution in [3.8, 4) is 0 Å². The van der Waals surface area contributed by atoms with Crippen LogP contribution >= 0.6 is 0 Å². The second-order valence-electron chi connectivity index (χ2n) is 6.62. The van der Waals surface area contributed by atoms with Crippen LogP contribution in [0.4, 0.5) is 11.4 Å². The minimum atomic E-state index is -1.01. The lowest BCUT2D eigenvalue weighted by molar-refractivity contribution is -0.385. The molecule has 2 rings (SSSR count). The van der Waals surface area contributed by atoms with E-state index in [-0.39, 0.29) is 30.1 Å². The van der Waals surface area contributed by atoms with Crippen LogP contribution in [0, 0.1) is 10.1 Å². The van der Waals surface area contributed by atoms with Crippen LogP contribution in [-0.2, 0) is 4.79 Å². The maximum absolute atomic E-state index is 12.4. The van der Waals surface area contributed by atoms with Crippen LogP contribution in [-0.4, -0.2) is 34.4 Å². The molecule has 9 nitrogen and oxygen atoms in total. The van der Waals surface area contributed by atoms with E-state index in [0.717, 1.165) is 0 Å². The Hall–Kier alpha value is -3.75. The molecule has 0 aliphatic heterocycles. The summed E-state index contributed by atoms with van der Waals surface area (Å²) < 4.78 is 0. The highest BCUT2D eigenvalue weighted by molar-refractivity contribution is 6.05. The van der Waals surface area contributed by atoms with Crippen molar-refractivity contribution < 1.29 is 24.4 Å². The van der Waals surface area contributed by atoms with Crippen LogP contribution in [0.1, 0.15) is 52.5 Å². The fraction of sp³-hybridized carbons (Fsp3) is 0.250. The molecule has 0 spiro atoms. The average molecular weight is 399 g/mol. The first-order valence-electron chi connectivity index (χ1n) is 8.88. The Morgan fingerprint density at radius 3 is 2.21 bits per heavy atom. The number of carboxylic acid groups (broad SMARTS) is 1. The van der Waals surface area contributed by atoms with Gasteiger partial charge in [0.25, 0.3) is 17.5 Å². The van der Waals surface area contributed by atoms with Crippen LogP contribution < -0.4 is 10.6 Å². The van der Waals surface area contributed by atoms with Gasteiger partial charge in [0.2, 0.25) is 0 Å². The van der Waals surface area contributed by atoms with Gasteiger partial charge in [-0.3, -0.25) is 24.5 Å². The van der Waals surface area contributed by atoms with Crippen LogP contribution in [0.15, 0.2) is 42.5 Å². The van der Waals surface area contributed by atoms with Crippen molar-refractivity contribution in [3.63, 3.8) is 0 Å². The van der Waals surface area contributed by atoms with E-state index in [9.17, 15) is 24.5 Å². The zero-order valence-corrected chi connectivity index (χ0v) is 16.0. The Labute approximate surface area is 166 Å². The molecule has 2 amide bonds. The van der Waals surface area contributed by atoms with E-state index in [1.165, 1.54) is 36.4 Å². The zero-order chi connectivity index (χ0) is 21.6. The second kappa shape index (κ2) is 9.45. The van der Waals surface area contributed by atoms with E-state index < -0.39 is 22.7 Å². The molecule has 9 heteroatoms. The first-order chi connectivity index (χ1) is 13.7. The molecule has 0 bridgehead atoms. The van der Waals surface area contributed by atoms with Gasteiger partial charge in [0.05, 0.1) is 11.3 Å². The number of nitro groups is 1. The van der Waals surface area contributed by atoms with Crippen LogP contribution in [0.3, 0.4) is 0 Å². The number of aliphatic carboxylic acids is 1. The van der Waals surface area contributed by atoms with Crippen LogP contribution in [0.25, 0.3) is 0 Å². The number of nitro benzene ring substituents is 1. The summed E-state index contributed by atoms with van der Waals surface area (Å²) in [7, 11) is 0. The predicted octanol–water partition coefficient (Wildman–Crippen LogP) is 3.18. The number of rotatable bonds is 8. The lowest BCUT2D eigenvalue weighted by atomic mass is 9.99. The van der Waals surface area contributed by atoms with Crippen molar-refractivity contribution in [1.82, 2.24) is 5.32 Å². The number of carbonyl (C=O) groups is 3. The number of amides is 2. The highest BCUT2D eigenvalue weighted by Gasteiger charge is 2.19. The van der Waals surface area contributed by atoms with E-state index in [1.54, 1.807) is 6.07 Å². The van der Waals surface area contributed by atoms with E-state index >= 15 is 0 Å².